The monoisotopic (exact) mass is 233 g/mol. The Morgan fingerprint density at radius 1 is 1.29 bits per heavy atom. The van der Waals surface area contributed by atoms with E-state index in [4.69, 9.17) is 5.73 Å². The minimum atomic E-state index is -0.237. The summed E-state index contributed by atoms with van der Waals surface area (Å²) in [6, 6.07) is 6.66. The number of hydrogen-bond acceptors (Lipinski definition) is 2. The van der Waals surface area contributed by atoms with Crippen LogP contribution in [0.4, 0.5) is 4.39 Å². The van der Waals surface area contributed by atoms with Crippen molar-refractivity contribution in [1.82, 2.24) is 9.78 Å². The second-order valence-electron chi connectivity index (χ2n) is 4.27. The maximum absolute atomic E-state index is 12.9. The third kappa shape index (κ3) is 2.22. The molecule has 2 aromatic rings. The summed E-state index contributed by atoms with van der Waals surface area (Å²) in [6.45, 7) is 4.54. The zero-order chi connectivity index (χ0) is 12.4. The van der Waals surface area contributed by atoms with Gasteiger partial charge in [-0.05, 0) is 38.1 Å². The Morgan fingerprint density at radius 3 is 2.47 bits per heavy atom. The van der Waals surface area contributed by atoms with Gasteiger partial charge in [0, 0.05) is 23.7 Å². The van der Waals surface area contributed by atoms with E-state index in [1.807, 2.05) is 4.68 Å². The predicted molar refractivity (Wildman–Crippen MR) is 65.9 cm³/mol. The molecule has 2 N–H and O–H groups in total. The molecule has 0 spiro atoms. The number of nitrogens with zero attached hydrogens (tertiary/aromatic N) is 2. The minimum absolute atomic E-state index is 0.237. The van der Waals surface area contributed by atoms with Gasteiger partial charge in [-0.15, -0.1) is 0 Å². The van der Waals surface area contributed by atoms with E-state index in [0.717, 1.165) is 16.8 Å². The highest BCUT2D eigenvalue weighted by Crippen LogP contribution is 2.26. The highest BCUT2D eigenvalue weighted by atomic mass is 19.1. The topological polar surface area (TPSA) is 43.8 Å². The van der Waals surface area contributed by atoms with E-state index >= 15 is 0 Å². The molecule has 0 aliphatic carbocycles. The summed E-state index contributed by atoms with van der Waals surface area (Å²) in [5.74, 6) is -0.237. The van der Waals surface area contributed by atoms with Crippen LogP contribution in [0.15, 0.2) is 30.5 Å². The molecular formula is C13H16FN3. The molecule has 0 saturated carbocycles. The van der Waals surface area contributed by atoms with Gasteiger partial charge >= 0.3 is 0 Å². The van der Waals surface area contributed by atoms with E-state index < -0.39 is 0 Å². The highest BCUT2D eigenvalue weighted by molar-refractivity contribution is 5.63. The lowest BCUT2D eigenvalue weighted by Crippen LogP contribution is -2.06. The molecule has 0 fully saturated rings. The Balaban J connectivity index is 2.55. The Kier molecular flexibility index (Phi) is 3.24. The summed E-state index contributed by atoms with van der Waals surface area (Å²) in [4.78, 5) is 0. The van der Waals surface area contributed by atoms with Crippen LogP contribution in [0.3, 0.4) is 0 Å². The van der Waals surface area contributed by atoms with Gasteiger partial charge in [-0.3, -0.25) is 4.68 Å². The van der Waals surface area contributed by atoms with Gasteiger partial charge in [-0.1, -0.05) is 0 Å². The van der Waals surface area contributed by atoms with Gasteiger partial charge in [-0.25, -0.2) is 4.39 Å². The summed E-state index contributed by atoms with van der Waals surface area (Å²) in [5, 5.41) is 4.33. The summed E-state index contributed by atoms with van der Waals surface area (Å²) in [5.41, 5.74) is 8.60. The van der Waals surface area contributed by atoms with Crippen LogP contribution in [0.5, 0.6) is 0 Å². The summed E-state index contributed by atoms with van der Waals surface area (Å²) in [7, 11) is 0. The summed E-state index contributed by atoms with van der Waals surface area (Å²) >= 11 is 0. The molecular weight excluding hydrogens is 217 g/mol. The Morgan fingerprint density at radius 2 is 1.94 bits per heavy atom. The molecule has 0 aliphatic rings. The lowest BCUT2D eigenvalue weighted by atomic mass is 10.1. The fourth-order valence-electron chi connectivity index (χ4n) is 1.86. The average molecular weight is 233 g/mol. The minimum Gasteiger partial charge on any atom is -0.326 e. The molecule has 0 saturated heterocycles. The fraction of sp³-hybridized carbons (Fsp3) is 0.308. The van der Waals surface area contributed by atoms with Gasteiger partial charge in [0.25, 0.3) is 0 Å². The van der Waals surface area contributed by atoms with Crippen molar-refractivity contribution in [1.29, 1.82) is 0 Å². The number of halogens is 1. The average Bonchev–Trinajstić information content (AvgIpc) is 2.73. The molecule has 0 unspecified atom stereocenters. The van der Waals surface area contributed by atoms with Gasteiger partial charge in [0.2, 0.25) is 0 Å². The zero-order valence-electron chi connectivity index (χ0n) is 10.0. The number of aromatic nitrogens is 2. The molecule has 4 heteroatoms. The molecule has 90 valence electrons. The van der Waals surface area contributed by atoms with E-state index in [2.05, 4.69) is 18.9 Å². The second kappa shape index (κ2) is 4.67. The number of nitrogens with two attached hydrogens (primary N) is 1. The quantitative estimate of drug-likeness (QED) is 0.885. The van der Waals surface area contributed by atoms with E-state index in [1.54, 1.807) is 18.3 Å². The standard InChI is InChI=1S/C13H16FN3/c1-9(2)17-13(11(7-15)8-16-17)10-3-5-12(14)6-4-10/h3-6,8-9H,7,15H2,1-2H3. The molecule has 17 heavy (non-hydrogen) atoms. The third-order valence-corrected chi connectivity index (χ3v) is 2.70. The van der Waals surface area contributed by atoms with Crippen molar-refractivity contribution in [3.8, 4) is 11.3 Å². The molecule has 1 aromatic heterocycles. The maximum atomic E-state index is 12.9. The van der Waals surface area contributed by atoms with Crippen LogP contribution in [0.2, 0.25) is 0 Å². The summed E-state index contributed by atoms with van der Waals surface area (Å²) < 4.78 is 14.8. The largest absolute Gasteiger partial charge is 0.326 e. The zero-order valence-corrected chi connectivity index (χ0v) is 10.0. The van der Waals surface area contributed by atoms with Crippen molar-refractivity contribution >= 4 is 0 Å². The van der Waals surface area contributed by atoms with Crippen LogP contribution in [0.1, 0.15) is 25.5 Å². The molecule has 0 aliphatic heterocycles. The van der Waals surface area contributed by atoms with Crippen molar-refractivity contribution in [3.05, 3.63) is 41.8 Å². The second-order valence-corrected chi connectivity index (χ2v) is 4.27. The first-order valence-electron chi connectivity index (χ1n) is 5.66. The highest BCUT2D eigenvalue weighted by Gasteiger charge is 2.13. The number of rotatable bonds is 3. The first kappa shape index (κ1) is 11.8. The first-order valence-corrected chi connectivity index (χ1v) is 5.66. The molecule has 1 aromatic carbocycles. The van der Waals surface area contributed by atoms with Gasteiger partial charge in [0.1, 0.15) is 5.82 Å². The van der Waals surface area contributed by atoms with Crippen LogP contribution in [-0.4, -0.2) is 9.78 Å². The fourth-order valence-corrected chi connectivity index (χ4v) is 1.86. The third-order valence-electron chi connectivity index (χ3n) is 2.70. The normalized spacial score (nSPS) is 11.1. The van der Waals surface area contributed by atoms with E-state index in [0.29, 0.717) is 6.54 Å². The molecule has 2 rings (SSSR count). The van der Waals surface area contributed by atoms with E-state index in [1.165, 1.54) is 12.1 Å². The van der Waals surface area contributed by atoms with Crippen molar-refractivity contribution in [2.24, 2.45) is 5.73 Å². The Labute approximate surface area is 100 Å². The molecule has 1 heterocycles. The van der Waals surface area contributed by atoms with E-state index in [9.17, 15) is 4.39 Å². The number of benzene rings is 1. The smallest absolute Gasteiger partial charge is 0.123 e. The molecule has 0 radical (unpaired) electrons. The van der Waals surface area contributed by atoms with Crippen molar-refractivity contribution in [2.45, 2.75) is 26.4 Å². The van der Waals surface area contributed by atoms with Crippen molar-refractivity contribution in [3.63, 3.8) is 0 Å². The van der Waals surface area contributed by atoms with Crippen LogP contribution in [0.25, 0.3) is 11.3 Å². The lowest BCUT2D eigenvalue weighted by molar-refractivity contribution is 0.538. The summed E-state index contributed by atoms with van der Waals surface area (Å²) in [6.07, 6.45) is 1.78. The van der Waals surface area contributed by atoms with Crippen molar-refractivity contribution in [2.75, 3.05) is 0 Å². The molecule has 3 nitrogen and oxygen atoms in total. The van der Waals surface area contributed by atoms with Gasteiger partial charge in [-0.2, -0.15) is 5.10 Å². The Bertz CT molecular complexity index is 500. The predicted octanol–water partition coefficient (Wildman–Crippen LogP) is 2.73. The lowest BCUT2D eigenvalue weighted by Gasteiger charge is -2.12. The molecule has 0 amide bonds. The van der Waals surface area contributed by atoms with Crippen LogP contribution in [-0.2, 0) is 6.54 Å². The maximum Gasteiger partial charge on any atom is 0.123 e. The molecule has 0 atom stereocenters. The SMILES string of the molecule is CC(C)n1ncc(CN)c1-c1ccc(F)cc1. The first-order chi connectivity index (χ1) is 8.13. The molecule has 0 bridgehead atoms. The van der Waals surface area contributed by atoms with Crippen molar-refractivity contribution < 1.29 is 4.39 Å². The van der Waals surface area contributed by atoms with E-state index in [-0.39, 0.29) is 11.9 Å². The number of hydrogen-bond donors (Lipinski definition) is 1. The van der Waals surface area contributed by atoms with Crippen LogP contribution >= 0.6 is 0 Å². The van der Waals surface area contributed by atoms with Gasteiger partial charge in [0.15, 0.2) is 0 Å². The van der Waals surface area contributed by atoms with Gasteiger partial charge < -0.3 is 5.73 Å². The Hall–Kier alpha value is -1.68. The van der Waals surface area contributed by atoms with Crippen LogP contribution < -0.4 is 5.73 Å². The van der Waals surface area contributed by atoms with Gasteiger partial charge in [0.05, 0.1) is 11.9 Å². The van der Waals surface area contributed by atoms with Crippen LogP contribution in [0, 0.1) is 5.82 Å².